The number of fused-ring (bicyclic) bond motifs is 1. The van der Waals surface area contributed by atoms with Crippen molar-refractivity contribution in [3.8, 4) is 12.3 Å². The molecule has 2 aromatic heterocycles. The Balaban J connectivity index is 0.000000290. The summed E-state index contributed by atoms with van der Waals surface area (Å²) in [5, 5.41) is 12.4. The van der Waals surface area contributed by atoms with Gasteiger partial charge in [0.2, 0.25) is 5.95 Å². The van der Waals surface area contributed by atoms with Crippen molar-refractivity contribution in [2.45, 2.75) is 38.0 Å². The van der Waals surface area contributed by atoms with Gasteiger partial charge in [0.1, 0.15) is 5.52 Å². The molecule has 2 atom stereocenters. The molecule has 1 saturated heterocycles. The van der Waals surface area contributed by atoms with Crippen molar-refractivity contribution >= 4 is 11.5 Å². The number of nitrogen functional groups attached to an aromatic ring is 1. The number of nitrogens with two attached hydrogens (primary N) is 1. The lowest BCUT2D eigenvalue weighted by Crippen LogP contribution is -2.21. The van der Waals surface area contributed by atoms with Crippen LogP contribution < -0.4 is 5.73 Å². The first-order valence-corrected chi connectivity index (χ1v) is 7.78. The predicted molar refractivity (Wildman–Crippen MR) is 85.8 cm³/mol. The van der Waals surface area contributed by atoms with Crippen molar-refractivity contribution in [2.75, 3.05) is 18.9 Å². The Bertz CT molecular complexity index is 807. The lowest BCUT2D eigenvalue weighted by molar-refractivity contribution is -0.147. The van der Waals surface area contributed by atoms with Crippen molar-refractivity contribution in [2.24, 2.45) is 0 Å². The van der Waals surface area contributed by atoms with Gasteiger partial charge in [-0.05, 0) is 19.8 Å². The van der Waals surface area contributed by atoms with Crippen LogP contribution in [0.25, 0.3) is 5.52 Å². The van der Waals surface area contributed by atoms with E-state index in [1.54, 1.807) is 0 Å². The molecule has 1 aliphatic rings. The fraction of sp³-hybridized carbons (Fsp3) is 0.500. The molecule has 0 aromatic carbocycles. The number of aliphatic hydroxyl groups excluding tert-OH is 1. The number of rotatable bonds is 1. The molecule has 142 valence electrons. The van der Waals surface area contributed by atoms with E-state index in [4.69, 9.17) is 22.0 Å². The van der Waals surface area contributed by atoms with Crippen LogP contribution in [0.2, 0.25) is 0 Å². The van der Waals surface area contributed by atoms with E-state index in [0.717, 1.165) is 37.1 Å². The van der Waals surface area contributed by atoms with Crippen LogP contribution >= 0.6 is 0 Å². The van der Waals surface area contributed by atoms with Gasteiger partial charge in [-0.2, -0.15) is 13.2 Å². The average Bonchev–Trinajstić information content (AvgIpc) is 2.85. The maximum atomic E-state index is 13.9. The highest BCUT2D eigenvalue weighted by molar-refractivity contribution is 5.59. The minimum atomic E-state index is -4.58. The Morgan fingerprint density at radius 3 is 2.65 bits per heavy atom. The summed E-state index contributed by atoms with van der Waals surface area (Å²) in [5.41, 5.74) is 4.12. The lowest BCUT2D eigenvalue weighted by Gasteiger charge is -2.15. The smallest absolute Gasteiger partial charge is 0.391 e. The summed E-state index contributed by atoms with van der Waals surface area (Å²) < 4.78 is 58.0. The zero-order chi connectivity index (χ0) is 19.5. The summed E-state index contributed by atoms with van der Waals surface area (Å²) in [7, 11) is 0. The molecule has 10 heteroatoms. The molecule has 0 aliphatic carbocycles. The number of halogens is 4. The van der Waals surface area contributed by atoms with Crippen molar-refractivity contribution in [1.82, 2.24) is 14.6 Å². The van der Waals surface area contributed by atoms with Gasteiger partial charge < -0.3 is 15.6 Å². The normalized spacial score (nSPS) is 18.7. The maximum absolute atomic E-state index is 13.9. The van der Waals surface area contributed by atoms with Gasteiger partial charge in [0.15, 0.2) is 5.82 Å². The molecule has 2 unspecified atom stereocenters. The van der Waals surface area contributed by atoms with E-state index in [-0.39, 0.29) is 17.6 Å². The van der Waals surface area contributed by atoms with Gasteiger partial charge >= 0.3 is 6.18 Å². The molecule has 0 saturated carbocycles. The topological polar surface area (TPSA) is 85.7 Å². The lowest BCUT2D eigenvalue weighted by atomic mass is 10.0. The average molecular weight is 374 g/mol. The Kier molecular flexibility index (Phi) is 6.05. The number of aliphatic hydroxyl groups is 1. The first kappa shape index (κ1) is 19.9. The first-order valence-electron chi connectivity index (χ1n) is 7.78. The monoisotopic (exact) mass is 374 g/mol. The molecule has 6 nitrogen and oxygen atoms in total. The molecule has 0 amide bonds. The summed E-state index contributed by atoms with van der Waals surface area (Å²) in [6.07, 6.45) is 3.24. The second-order valence-corrected chi connectivity index (χ2v) is 5.77. The van der Waals surface area contributed by atoms with E-state index >= 15 is 0 Å². The Morgan fingerprint density at radius 2 is 2.19 bits per heavy atom. The largest absolute Gasteiger partial charge is 0.397 e. The molecule has 3 N–H and O–H groups in total. The SMILES string of the molecule is C#Cc1c(F)c2cnc(N)nn2c1C(C)C(F)(F)F.OC1CCCOC1. The molecular formula is C16H18F4N4O2. The molecular weight excluding hydrogens is 356 g/mol. The fourth-order valence-corrected chi connectivity index (χ4v) is 2.46. The summed E-state index contributed by atoms with van der Waals surface area (Å²) in [6.45, 7) is 2.25. The highest BCUT2D eigenvalue weighted by atomic mass is 19.4. The number of aromatic nitrogens is 3. The number of anilines is 1. The van der Waals surface area contributed by atoms with Crippen molar-refractivity contribution < 1.29 is 27.4 Å². The highest BCUT2D eigenvalue weighted by Gasteiger charge is 2.41. The van der Waals surface area contributed by atoms with Crippen LogP contribution in [-0.4, -0.2) is 45.2 Å². The molecule has 3 rings (SSSR count). The molecule has 1 aliphatic heterocycles. The molecule has 2 aromatic rings. The standard InChI is InChI=1S/C11H8F4N4.C5H10O2/c1-3-6-8(12)7-4-17-10(16)18-19(7)9(6)5(2)11(13,14)15;6-5-2-1-3-7-4-5/h1,4-5H,2H3,(H2,16,18);5-6H,1-4H2. The van der Waals surface area contributed by atoms with Crippen LogP contribution in [0.3, 0.4) is 0 Å². The second-order valence-electron chi connectivity index (χ2n) is 5.77. The summed E-state index contributed by atoms with van der Waals surface area (Å²) in [4.78, 5) is 3.53. The number of hydrogen-bond acceptors (Lipinski definition) is 5. The van der Waals surface area contributed by atoms with E-state index in [2.05, 4.69) is 10.1 Å². The fourth-order valence-electron chi connectivity index (χ4n) is 2.46. The summed E-state index contributed by atoms with van der Waals surface area (Å²) in [6, 6.07) is 0. The number of hydrogen-bond donors (Lipinski definition) is 2. The molecule has 3 heterocycles. The van der Waals surface area contributed by atoms with Crippen LogP contribution in [0.1, 0.15) is 36.9 Å². The van der Waals surface area contributed by atoms with E-state index in [0.29, 0.717) is 6.61 Å². The van der Waals surface area contributed by atoms with Crippen LogP contribution in [0.4, 0.5) is 23.5 Å². The van der Waals surface area contributed by atoms with Gasteiger partial charge in [-0.3, -0.25) is 0 Å². The minimum Gasteiger partial charge on any atom is -0.391 e. The van der Waals surface area contributed by atoms with Gasteiger partial charge in [0.05, 0.1) is 36.1 Å². The van der Waals surface area contributed by atoms with Crippen molar-refractivity contribution in [3.63, 3.8) is 0 Å². The van der Waals surface area contributed by atoms with Gasteiger partial charge in [0, 0.05) is 6.61 Å². The Morgan fingerprint density at radius 1 is 1.50 bits per heavy atom. The molecule has 1 fully saturated rings. The molecule has 0 spiro atoms. The molecule has 26 heavy (non-hydrogen) atoms. The van der Waals surface area contributed by atoms with Gasteiger partial charge in [-0.25, -0.2) is 13.9 Å². The summed E-state index contributed by atoms with van der Waals surface area (Å²) >= 11 is 0. The zero-order valence-corrected chi connectivity index (χ0v) is 13.9. The zero-order valence-electron chi connectivity index (χ0n) is 13.9. The van der Waals surface area contributed by atoms with E-state index in [1.807, 2.05) is 5.92 Å². The third-order valence-corrected chi connectivity index (χ3v) is 3.86. The van der Waals surface area contributed by atoms with Gasteiger partial charge in [0.25, 0.3) is 0 Å². The molecule has 0 radical (unpaired) electrons. The van der Waals surface area contributed by atoms with E-state index in [9.17, 15) is 17.6 Å². The number of terminal acetylenes is 1. The first-order chi connectivity index (χ1) is 12.2. The van der Waals surface area contributed by atoms with Crippen LogP contribution in [0, 0.1) is 18.2 Å². The minimum absolute atomic E-state index is 0.186. The van der Waals surface area contributed by atoms with Crippen LogP contribution in [0.15, 0.2) is 6.20 Å². The number of ether oxygens (including phenoxy) is 1. The van der Waals surface area contributed by atoms with Crippen molar-refractivity contribution in [3.05, 3.63) is 23.3 Å². The third-order valence-electron chi connectivity index (χ3n) is 3.86. The van der Waals surface area contributed by atoms with Gasteiger partial charge in [-0.1, -0.05) is 5.92 Å². The second kappa shape index (κ2) is 7.88. The van der Waals surface area contributed by atoms with Crippen LogP contribution in [-0.2, 0) is 4.74 Å². The number of nitrogens with zero attached hydrogens (tertiary/aromatic N) is 3. The van der Waals surface area contributed by atoms with E-state index < -0.39 is 29.2 Å². The van der Waals surface area contributed by atoms with Crippen LogP contribution in [0.5, 0.6) is 0 Å². The van der Waals surface area contributed by atoms with Crippen molar-refractivity contribution in [1.29, 1.82) is 0 Å². The highest BCUT2D eigenvalue weighted by Crippen LogP contribution is 2.37. The quantitative estimate of drug-likeness (QED) is 0.591. The summed E-state index contributed by atoms with van der Waals surface area (Å²) in [5.74, 6) is -1.30. The third kappa shape index (κ3) is 4.23. The number of alkyl halides is 3. The van der Waals surface area contributed by atoms with E-state index in [1.165, 1.54) is 0 Å². The predicted octanol–water partition coefficient (Wildman–Crippen LogP) is 2.26. The Hall–Kier alpha value is -2.38. The Labute approximate surface area is 147 Å². The molecule has 0 bridgehead atoms. The van der Waals surface area contributed by atoms with Gasteiger partial charge in [-0.15, -0.1) is 11.5 Å². The maximum Gasteiger partial charge on any atom is 0.397 e.